The molecule has 0 atom stereocenters. The van der Waals surface area contributed by atoms with Gasteiger partial charge in [0, 0.05) is 6.08 Å². The Hall–Kier alpha value is -2.95. The number of carbonyl (C=O) groups is 1. The van der Waals surface area contributed by atoms with Crippen LogP contribution in [0.25, 0.3) is 6.08 Å². The molecule has 1 heterocycles. The van der Waals surface area contributed by atoms with Crippen molar-refractivity contribution in [3.05, 3.63) is 59.2 Å². The minimum Gasteiger partial charge on any atom is -0.491 e. The van der Waals surface area contributed by atoms with E-state index in [1.54, 1.807) is 6.08 Å². The number of carbonyl (C=O) groups excluding carboxylic acids is 1. The van der Waals surface area contributed by atoms with Crippen LogP contribution in [-0.2, 0) is 4.79 Å². The first kappa shape index (κ1) is 16.9. The van der Waals surface area contributed by atoms with Gasteiger partial charge in [0.05, 0.1) is 6.54 Å². The van der Waals surface area contributed by atoms with Crippen molar-refractivity contribution in [1.29, 1.82) is 0 Å². The zero-order valence-electron chi connectivity index (χ0n) is 14.4. The van der Waals surface area contributed by atoms with Crippen LogP contribution in [0.2, 0.25) is 0 Å². The Balaban J connectivity index is 1.45. The molecule has 5 heteroatoms. The number of ether oxygens (including phenoxy) is 3. The highest BCUT2D eigenvalue weighted by molar-refractivity contribution is 5.91. The van der Waals surface area contributed by atoms with Crippen LogP contribution in [0, 0.1) is 13.8 Å². The van der Waals surface area contributed by atoms with Gasteiger partial charge in [-0.05, 0) is 48.7 Å². The molecule has 5 nitrogen and oxygen atoms in total. The summed E-state index contributed by atoms with van der Waals surface area (Å²) in [5.41, 5.74) is 3.06. The van der Waals surface area contributed by atoms with E-state index in [-0.39, 0.29) is 12.7 Å². The Morgan fingerprint density at radius 1 is 1.16 bits per heavy atom. The summed E-state index contributed by atoms with van der Waals surface area (Å²) in [5.74, 6) is 2.14. The van der Waals surface area contributed by atoms with Crippen LogP contribution in [-0.4, -0.2) is 25.9 Å². The van der Waals surface area contributed by atoms with E-state index >= 15 is 0 Å². The molecule has 2 aromatic carbocycles. The molecule has 0 aromatic heterocycles. The van der Waals surface area contributed by atoms with Crippen molar-refractivity contribution in [2.45, 2.75) is 13.8 Å². The number of hydrogen-bond acceptors (Lipinski definition) is 4. The van der Waals surface area contributed by atoms with Gasteiger partial charge >= 0.3 is 0 Å². The maximum Gasteiger partial charge on any atom is 0.244 e. The number of amides is 1. The molecule has 3 rings (SSSR count). The second-order valence-electron chi connectivity index (χ2n) is 5.81. The number of para-hydroxylation sites is 1. The summed E-state index contributed by atoms with van der Waals surface area (Å²) in [6.07, 6.45) is 3.24. The number of benzene rings is 2. The molecule has 0 radical (unpaired) electrons. The highest BCUT2D eigenvalue weighted by atomic mass is 16.7. The largest absolute Gasteiger partial charge is 0.491 e. The van der Waals surface area contributed by atoms with Crippen molar-refractivity contribution in [3.8, 4) is 17.2 Å². The molecular weight excluding hydrogens is 318 g/mol. The lowest BCUT2D eigenvalue weighted by Crippen LogP contribution is -2.26. The maximum absolute atomic E-state index is 11.9. The molecule has 0 saturated carbocycles. The molecule has 1 aliphatic heterocycles. The molecule has 130 valence electrons. The van der Waals surface area contributed by atoms with Gasteiger partial charge in [-0.3, -0.25) is 4.79 Å². The lowest BCUT2D eigenvalue weighted by atomic mass is 10.1. The van der Waals surface area contributed by atoms with Crippen LogP contribution in [0.5, 0.6) is 17.2 Å². The molecular formula is C20H21NO4. The van der Waals surface area contributed by atoms with Crippen LogP contribution >= 0.6 is 0 Å². The van der Waals surface area contributed by atoms with Gasteiger partial charge in [0.15, 0.2) is 11.5 Å². The van der Waals surface area contributed by atoms with E-state index in [0.717, 1.165) is 28.2 Å². The predicted molar refractivity (Wildman–Crippen MR) is 96.0 cm³/mol. The van der Waals surface area contributed by atoms with Crippen LogP contribution in [0.1, 0.15) is 16.7 Å². The topological polar surface area (TPSA) is 56.8 Å². The monoisotopic (exact) mass is 339 g/mol. The van der Waals surface area contributed by atoms with E-state index in [0.29, 0.717) is 18.9 Å². The summed E-state index contributed by atoms with van der Waals surface area (Å²) < 4.78 is 16.3. The van der Waals surface area contributed by atoms with E-state index in [4.69, 9.17) is 14.2 Å². The second-order valence-corrected chi connectivity index (χ2v) is 5.81. The molecule has 1 aliphatic rings. The minimum absolute atomic E-state index is 0.164. The minimum atomic E-state index is -0.164. The highest BCUT2D eigenvalue weighted by Crippen LogP contribution is 2.32. The third kappa shape index (κ3) is 4.32. The van der Waals surface area contributed by atoms with Gasteiger partial charge in [0.1, 0.15) is 12.4 Å². The second kappa shape index (κ2) is 7.75. The van der Waals surface area contributed by atoms with Gasteiger partial charge in [0.25, 0.3) is 0 Å². The fraction of sp³-hybridized carbons (Fsp3) is 0.250. The molecule has 0 fully saturated rings. The molecule has 25 heavy (non-hydrogen) atoms. The number of fused-ring (bicyclic) bond motifs is 1. The predicted octanol–water partition coefficient (Wildman–Crippen LogP) is 3.24. The first-order chi connectivity index (χ1) is 12.1. The Kier molecular flexibility index (Phi) is 5.23. The molecule has 0 unspecified atom stereocenters. The van der Waals surface area contributed by atoms with E-state index in [1.807, 2.05) is 50.2 Å². The summed E-state index contributed by atoms with van der Waals surface area (Å²) in [5, 5.41) is 2.81. The Labute approximate surface area is 147 Å². The zero-order chi connectivity index (χ0) is 17.6. The van der Waals surface area contributed by atoms with Crippen LogP contribution in [0.4, 0.5) is 0 Å². The summed E-state index contributed by atoms with van der Waals surface area (Å²) in [7, 11) is 0. The molecule has 1 amide bonds. The third-order valence-corrected chi connectivity index (χ3v) is 3.88. The Bertz CT molecular complexity index is 778. The van der Waals surface area contributed by atoms with Crippen LogP contribution in [0.3, 0.4) is 0 Å². The normalized spacial score (nSPS) is 12.4. The van der Waals surface area contributed by atoms with Gasteiger partial charge in [-0.2, -0.15) is 0 Å². The van der Waals surface area contributed by atoms with Gasteiger partial charge in [-0.15, -0.1) is 0 Å². The summed E-state index contributed by atoms with van der Waals surface area (Å²) in [6, 6.07) is 11.6. The highest BCUT2D eigenvalue weighted by Gasteiger charge is 2.12. The van der Waals surface area contributed by atoms with E-state index in [9.17, 15) is 4.79 Å². The lowest BCUT2D eigenvalue weighted by Gasteiger charge is -2.11. The number of aryl methyl sites for hydroxylation is 2. The Morgan fingerprint density at radius 2 is 1.92 bits per heavy atom. The summed E-state index contributed by atoms with van der Waals surface area (Å²) >= 11 is 0. The van der Waals surface area contributed by atoms with Crippen molar-refractivity contribution in [3.63, 3.8) is 0 Å². The quantitative estimate of drug-likeness (QED) is 0.648. The molecule has 0 bridgehead atoms. The Morgan fingerprint density at radius 3 is 2.72 bits per heavy atom. The maximum atomic E-state index is 11.9. The average Bonchev–Trinajstić information content (AvgIpc) is 3.06. The van der Waals surface area contributed by atoms with Crippen LogP contribution in [0.15, 0.2) is 42.5 Å². The fourth-order valence-electron chi connectivity index (χ4n) is 2.60. The molecule has 0 aliphatic carbocycles. The molecule has 0 saturated heterocycles. The standard InChI is InChI=1S/C20H21NO4/c1-14-4-3-5-15(2)20(14)23-11-10-21-19(22)9-7-16-6-8-17-18(12-16)25-13-24-17/h3-9,12H,10-11,13H2,1-2H3,(H,21,22). The van der Waals surface area contributed by atoms with E-state index in [1.165, 1.54) is 6.08 Å². The molecule has 0 spiro atoms. The van der Waals surface area contributed by atoms with Gasteiger partial charge < -0.3 is 19.5 Å². The van der Waals surface area contributed by atoms with Crippen molar-refractivity contribution < 1.29 is 19.0 Å². The SMILES string of the molecule is Cc1cccc(C)c1OCCNC(=O)C=Cc1ccc2c(c1)OCO2. The third-order valence-electron chi connectivity index (χ3n) is 3.88. The lowest BCUT2D eigenvalue weighted by molar-refractivity contribution is -0.116. The number of nitrogens with one attached hydrogen (secondary N) is 1. The zero-order valence-corrected chi connectivity index (χ0v) is 14.4. The van der Waals surface area contributed by atoms with Crippen molar-refractivity contribution in [1.82, 2.24) is 5.32 Å². The fourth-order valence-corrected chi connectivity index (χ4v) is 2.60. The average molecular weight is 339 g/mol. The summed E-state index contributed by atoms with van der Waals surface area (Å²) in [4.78, 5) is 11.9. The van der Waals surface area contributed by atoms with Crippen molar-refractivity contribution in [2.24, 2.45) is 0 Å². The molecule has 1 N–H and O–H groups in total. The number of rotatable bonds is 6. The van der Waals surface area contributed by atoms with Crippen molar-refractivity contribution in [2.75, 3.05) is 19.9 Å². The van der Waals surface area contributed by atoms with Crippen molar-refractivity contribution >= 4 is 12.0 Å². The van der Waals surface area contributed by atoms with Gasteiger partial charge in [-0.1, -0.05) is 24.3 Å². The van der Waals surface area contributed by atoms with Gasteiger partial charge in [-0.25, -0.2) is 0 Å². The summed E-state index contributed by atoms with van der Waals surface area (Å²) in [6.45, 7) is 5.13. The van der Waals surface area contributed by atoms with E-state index in [2.05, 4.69) is 5.32 Å². The first-order valence-electron chi connectivity index (χ1n) is 8.18. The van der Waals surface area contributed by atoms with E-state index < -0.39 is 0 Å². The van der Waals surface area contributed by atoms with Gasteiger partial charge in [0.2, 0.25) is 12.7 Å². The first-order valence-corrected chi connectivity index (χ1v) is 8.18. The number of hydrogen-bond donors (Lipinski definition) is 1. The van der Waals surface area contributed by atoms with Crippen LogP contribution < -0.4 is 19.5 Å². The smallest absolute Gasteiger partial charge is 0.244 e. The molecule has 2 aromatic rings.